The van der Waals surface area contributed by atoms with Crippen molar-refractivity contribution < 1.29 is 5.11 Å². The van der Waals surface area contributed by atoms with E-state index in [0.29, 0.717) is 17.8 Å². The molecule has 1 aromatic carbocycles. The number of hydrogen-bond acceptors (Lipinski definition) is 4. The van der Waals surface area contributed by atoms with E-state index in [1.807, 2.05) is 16.8 Å². The van der Waals surface area contributed by atoms with Crippen LogP contribution in [-0.2, 0) is 19.4 Å². The van der Waals surface area contributed by atoms with Crippen LogP contribution in [-0.4, -0.2) is 32.0 Å². The van der Waals surface area contributed by atoms with Gasteiger partial charge >= 0.3 is 0 Å². The molecule has 0 bridgehead atoms. The van der Waals surface area contributed by atoms with E-state index < -0.39 is 0 Å². The Morgan fingerprint density at radius 1 is 1.38 bits per heavy atom. The number of fused-ring (bicyclic) bond motifs is 1. The fourth-order valence-electron chi connectivity index (χ4n) is 2.91. The van der Waals surface area contributed by atoms with Crippen LogP contribution in [0.3, 0.4) is 0 Å². The normalized spacial score (nSPS) is 19.2. The molecule has 5 nitrogen and oxygen atoms in total. The smallest absolute Gasteiger partial charge is 0.138 e. The molecule has 1 aliphatic rings. The standard InChI is InChI=1S/C16H22N4O/c1-12(2-3-13-4-7-15(21)8-5-13)19-14-6-9-16-17-11-18-20(16)10-14/h4-5,7-8,11-12,14,19,21H,2-3,6,9-10H2,1H3/t12-,14-/m1/s1. The molecule has 1 aromatic heterocycles. The van der Waals surface area contributed by atoms with E-state index in [1.165, 1.54) is 5.56 Å². The third-order valence-electron chi connectivity index (χ3n) is 4.13. The molecule has 0 fully saturated rings. The lowest BCUT2D eigenvalue weighted by molar-refractivity contribution is 0.326. The minimum atomic E-state index is 0.329. The summed E-state index contributed by atoms with van der Waals surface area (Å²) in [5.74, 6) is 1.43. The van der Waals surface area contributed by atoms with Gasteiger partial charge in [0.25, 0.3) is 0 Å². The zero-order valence-electron chi connectivity index (χ0n) is 12.4. The second-order valence-electron chi connectivity index (χ2n) is 5.87. The van der Waals surface area contributed by atoms with Crippen molar-refractivity contribution in [1.29, 1.82) is 0 Å². The monoisotopic (exact) mass is 286 g/mol. The van der Waals surface area contributed by atoms with E-state index >= 15 is 0 Å². The highest BCUT2D eigenvalue weighted by Crippen LogP contribution is 2.14. The number of nitrogens with one attached hydrogen (secondary N) is 1. The Morgan fingerprint density at radius 2 is 2.19 bits per heavy atom. The fourth-order valence-corrected chi connectivity index (χ4v) is 2.91. The van der Waals surface area contributed by atoms with Crippen LogP contribution in [0.5, 0.6) is 5.75 Å². The van der Waals surface area contributed by atoms with Gasteiger partial charge in [0.2, 0.25) is 0 Å². The molecule has 0 amide bonds. The second-order valence-corrected chi connectivity index (χ2v) is 5.87. The number of nitrogens with zero attached hydrogens (tertiary/aromatic N) is 3. The van der Waals surface area contributed by atoms with Gasteiger partial charge in [-0.2, -0.15) is 5.10 Å². The van der Waals surface area contributed by atoms with Crippen molar-refractivity contribution in [3.63, 3.8) is 0 Å². The van der Waals surface area contributed by atoms with Crippen molar-refractivity contribution in [2.75, 3.05) is 0 Å². The summed E-state index contributed by atoms with van der Waals surface area (Å²) in [6, 6.07) is 8.43. The van der Waals surface area contributed by atoms with Gasteiger partial charge in [0, 0.05) is 18.5 Å². The fraction of sp³-hybridized carbons (Fsp3) is 0.500. The van der Waals surface area contributed by atoms with Crippen molar-refractivity contribution in [2.24, 2.45) is 0 Å². The van der Waals surface area contributed by atoms with Crippen molar-refractivity contribution in [2.45, 2.75) is 51.2 Å². The van der Waals surface area contributed by atoms with Gasteiger partial charge in [-0.25, -0.2) is 9.67 Å². The van der Waals surface area contributed by atoms with E-state index in [-0.39, 0.29) is 0 Å². The number of benzene rings is 1. The SMILES string of the molecule is C[C@H](CCc1ccc(O)cc1)N[C@@H]1CCc2ncnn2C1. The van der Waals surface area contributed by atoms with Crippen LogP contribution in [0, 0.1) is 0 Å². The van der Waals surface area contributed by atoms with Crippen LogP contribution < -0.4 is 5.32 Å². The molecule has 21 heavy (non-hydrogen) atoms. The van der Waals surface area contributed by atoms with Crippen molar-refractivity contribution >= 4 is 0 Å². The molecule has 2 atom stereocenters. The summed E-state index contributed by atoms with van der Waals surface area (Å²) in [6.45, 7) is 3.15. The molecule has 0 aliphatic carbocycles. The number of aryl methyl sites for hydroxylation is 2. The quantitative estimate of drug-likeness (QED) is 0.881. The molecule has 2 aromatic rings. The van der Waals surface area contributed by atoms with Gasteiger partial charge < -0.3 is 10.4 Å². The predicted molar refractivity (Wildman–Crippen MR) is 81.2 cm³/mol. The van der Waals surface area contributed by atoms with Crippen molar-refractivity contribution in [1.82, 2.24) is 20.1 Å². The van der Waals surface area contributed by atoms with E-state index in [4.69, 9.17) is 0 Å². The Kier molecular flexibility index (Phi) is 4.20. The van der Waals surface area contributed by atoms with Crippen LogP contribution in [0.25, 0.3) is 0 Å². The summed E-state index contributed by atoms with van der Waals surface area (Å²) in [6.07, 6.45) is 5.89. The maximum atomic E-state index is 9.29. The molecule has 0 saturated carbocycles. The number of phenols is 1. The summed E-state index contributed by atoms with van der Waals surface area (Å²) in [7, 11) is 0. The number of rotatable bonds is 5. The summed E-state index contributed by atoms with van der Waals surface area (Å²) in [4.78, 5) is 4.26. The summed E-state index contributed by atoms with van der Waals surface area (Å²) < 4.78 is 2.01. The Labute approximate surface area is 125 Å². The van der Waals surface area contributed by atoms with Gasteiger partial charge in [0.05, 0.1) is 6.54 Å². The maximum absolute atomic E-state index is 9.29. The number of hydrogen-bond donors (Lipinski definition) is 2. The van der Waals surface area contributed by atoms with Crippen molar-refractivity contribution in [3.05, 3.63) is 42.0 Å². The largest absolute Gasteiger partial charge is 0.508 e. The zero-order valence-corrected chi connectivity index (χ0v) is 12.4. The molecule has 2 heterocycles. The number of aromatic nitrogens is 3. The first-order valence-electron chi connectivity index (χ1n) is 7.61. The van der Waals surface area contributed by atoms with Crippen LogP contribution in [0.15, 0.2) is 30.6 Å². The van der Waals surface area contributed by atoms with E-state index in [9.17, 15) is 5.11 Å². The lowest BCUT2D eigenvalue weighted by atomic mass is 10.0. The van der Waals surface area contributed by atoms with Crippen LogP contribution in [0.4, 0.5) is 0 Å². The minimum absolute atomic E-state index is 0.329. The van der Waals surface area contributed by atoms with E-state index in [2.05, 4.69) is 22.3 Å². The highest BCUT2D eigenvalue weighted by Gasteiger charge is 2.20. The van der Waals surface area contributed by atoms with Gasteiger partial charge in [-0.05, 0) is 43.9 Å². The molecule has 0 unspecified atom stereocenters. The summed E-state index contributed by atoms with van der Waals surface area (Å²) >= 11 is 0. The maximum Gasteiger partial charge on any atom is 0.138 e. The molecule has 0 spiro atoms. The third-order valence-corrected chi connectivity index (χ3v) is 4.13. The number of aromatic hydroxyl groups is 1. The Hall–Kier alpha value is -1.88. The topological polar surface area (TPSA) is 63.0 Å². The Morgan fingerprint density at radius 3 is 3.00 bits per heavy atom. The molecule has 2 N–H and O–H groups in total. The Balaban J connectivity index is 1.46. The molecule has 0 radical (unpaired) electrons. The first-order chi connectivity index (χ1) is 10.2. The molecular formula is C16H22N4O. The molecule has 112 valence electrons. The summed E-state index contributed by atoms with van der Waals surface area (Å²) in [5, 5.41) is 17.2. The average Bonchev–Trinajstić information content (AvgIpc) is 2.94. The van der Waals surface area contributed by atoms with E-state index in [0.717, 1.165) is 38.1 Å². The predicted octanol–water partition coefficient (Wildman–Crippen LogP) is 1.91. The second kappa shape index (κ2) is 6.26. The molecule has 0 saturated heterocycles. The first-order valence-corrected chi connectivity index (χ1v) is 7.61. The van der Waals surface area contributed by atoms with E-state index in [1.54, 1.807) is 18.5 Å². The van der Waals surface area contributed by atoms with Crippen LogP contribution >= 0.6 is 0 Å². The summed E-state index contributed by atoms with van der Waals surface area (Å²) in [5.41, 5.74) is 1.27. The Bertz CT molecular complexity index is 578. The highest BCUT2D eigenvalue weighted by atomic mass is 16.3. The van der Waals surface area contributed by atoms with Gasteiger partial charge in [-0.1, -0.05) is 12.1 Å². The minimum Gasteiger partial charge on any atom is -0.508 e. The molecule has 1 aliphatic heterocycles. The van der Waals surface area contributed by atoms with Gasteiger partial charge in [0.15, 0.2) is 0 Å². The van der Waals surface area contributed by atoms with Crippen LogP contribution in [0.1, 0.15) is 31.2 Å². The van der Waals surface area contributed by atoms with Crippen molar-refractivity contribution in [3.8, 4) is 5.75 Å². The highest BCUT2D eigenvalue weighted by molar-refractivity contribution is 5.25. The zero-order chi connectivity index (χ0) is 14.7. The lowest BCUT2D eigenvalue weighted by Crippen LogP contribution is -2.42. The van der Waals surface area contributed by atoms with Crippen LogP contribution in [0.2, 0.25) is 0 Å². The van der Waals surface area contributed by atoms with Gasteiger partial charge in [-0.15, -0.1) is 0 Å². The van der Waals surface area contributed by atoms with Gasteiger partial charge in [-0.3, -0.25) is 0 Å². The number of phenolic OH excluding ortho intramolecular Hbond substituents is 1. The molecular weight excluding hydrogens is 264 g/mol. The third kappa shape index (κ3) is 3.61. The molecule has 3 rings (SSSR count). The van der Waals surface area contributed by atoms with Gasteiger partial charge in [0.1, 0.15) is 17.9 Å². The molecule has 5 heteroatoms. The first kappa shape index (κ1) is 14.1. The average molecular weight is 286 g/mol. The lowest BCUT2D eigenvalue weighted by Gasteiger charge is -2.27.